The van der Waals surface area contributed by atoms with Crippen LogP contribution in [0.2, 0.25) is 0 Å². The second kappa shape index (κ2) is 22.6. The molecule has 0 heterocycles. The number of rotatable bonds is 20. The maximum absolute atomic E-state index is 11.5. The number of aliphatic hydroxyl groups excluding tert-OH is 1. The van der Waals surface area contributed by atoms with Crippen molar-refractivity contribution in [2.24, 2.45) is 0 Å². The third kappa shape index (κ3) is 15.7. The molecule has 2 aromatic rings. The van der Waals surface area contributed by atoms with Crippen LogP contribution in [0.3, 0.4) is 0 Å². The fourth-order valence-corrected chi connectivity index (χ4v) is 3.75. The lowest BCUT2D eigenvalue weighted by Crippen LogP contribution is -2.08. The Hall–Kier alpha value is -2.42. The number of benzene rings is 2. The van der Waals surface area contributed by atoms with Gasteiger partial charge in [-0.05, 0) is 57.1 Å². The molecule has 7 heteroatoms. The van der Waals surface area contributed by atoms with Crippen molar-refractivity contribution in [3.8, 4) is 0 Å². The van der Waals surface area contributed by atoms with Crippen molar-refractivity contribution in [2.45, 2.75) is 52.9 Å². The summed E-state index contributed by atoms with van der Waals surface area (Å²) in [7, 11) is 0. The van der Waals surface area contributed by atoms with Gasteiger partial charge in [-0.15, -0.1) is 0 Å². The van der Waals surface area contributed by atoms with Crippen LogP contribution in [0, 0.1) is 0 Å². The fraction of sp³-hybridized carbons (Fsp3) is 0.548. The molecule has 2 aromatic carbocycles. The van der Waals surface area contributed by atoms with Crippen molar-refractivity contribution >= 4 is 11.6 Å². The highest BCUT2D eigenvalue weighted by Gasteiger charge is 2.06. The van der Waals surface area contributed by atoms with Gasteiger partial charge in [-0.2, -0.15) is 0 Å². The Morgan fingerprint density at radius 3 is 1.39 bits per heavy atom. The van der Waals surface area contributed by atoms with E-state index in [1.807, 2.05) is 48.5 Å². The van der Waals surface area contributed by atoms with Gasteiger partial charge in [-0.3, -0.25) is 9.59 Å². The summed E-state index contributed by atoms with van der Waals surface area (Å²) in [4.78, 5) is 22.9. The number of Topliss-reactive ketones (excluding diaryl/α,β-unsaturated/α-hetero) is 2. The van der Waals surface area contributed by atoms with E-state index in [0.29, 0.717) is 46.2 Å². The molecular weight excluding hydrogens is 484 g/mol. The largest absolute Gasteiger partial charge is 0.394 e. The van der Waals surface area contributed by atoms with Crippen molar-refractivity contribution in [3.05, 3.63) is 70.8 Å². The van der Waals surface area contributed by atoms with Gasteiger partial charge in [0.2, 0.25) is 0 Å². The molecule has 0 atom stereocenters. The number of aliphatic hydroxyl groups is 1. The molecule has 0 amide bonds. The SMILES string of the molecule is CC(=O)c1ccccc1CCCOCCOCCO.CCCOCCOCCCc1ccccc1C(C)=O. The minimum Gasteiger partial charge on any atom is -0.394 e. The van der Waals surface area contributed by atoms with Crippen LogP contribution in [0.15, 0.2) is 48.5 Å². The lowest BCUT2D eigenvalue weighted by Gasteiger charge is -2.07. The van der Waals surface area contributed by atoms with Crippen molar-refractivity contribution in [3.63, 3.8) is 0 Å². The standard InChI is InChI=1S/C16H24O3.C15H22O4/c1-3-10-18-12-13-19-11-6-8-15-7-4-5-9-16(15)14(2)17;1-13(17)15-7-3-2-5-14(15)6-4-9-18-11-12-19-10-8-16/h4-5,7,9H,3,6,8,10-13H2,1-2H3;2-3,5,7,16H,4,6,8-12H2,1H3. The van der Waals surface area contributed by atoms with Gasteiger partial charge >= 0.3 is 0 Å². The van der Waals surface area contributed by atoms with Gasteiger partial charge in [0.05, 0.1) is 39.6 Å². The van der Waals surface area contributed by atoms with Crippen molar-refractivity contribution in [1.29, 1.82) is 0 Å². The van der Waals surface area contributed by atoms with Crippen LogP contribution in [0.4, 0.5) is 0 Å². The van der Waals surface area contributed by atoms with Gasteiger partial charge in [0.1, 0.15) is 0 Å². The smallest absolute Gasteiger partial charge is 0.160 e. The highest BCUT2D eigenvalue weighted by atomic mass is 16.5. The lowest BCUT2D eigenvalue weighted by molar-refractivity contribution is 0.0326. The summed E-state index contributed by atoms with van der Waals surface area (Å²) in [6, 6.07) is 15.5. The summed E-state index contributed by atoms with van der Waals surface area (Å²) in [6.45, 7) is 10.2. The highest BCUT2D eigenvalue weighted by Crippen LogP contribution is 2.13. The predicted octanol–water partition coefficient (Wildman–Crippen LogP) is 5.11. The van der Waals surface area contributed by atoms with E-state index in [9.17, 15) is 9.59 Å². The molecule has 0 aliphatic heterocycles. The van der Waals surface area contributed by atoms with Gasteiger partial charge in [-0.25, -0.2) is 0 Å². The first kappa shape index (κ1) is 33.6. The molecule has 0 radical (unpaired) electrons. The molecule has 0 saturated carbocycles. The Bertz CT molecular complexity index is 824. The molecule has 212 valence electrons. The molecule has 0 spiro atoms. The van der Waals surface area contributed by atoms with Crippen LogP contribution in [-0.4, -0.2) is 76.1 Å². The van der Waals surface area contributed by atoms with Crippen molar-refractivity contribution < 1.29 is 33.6 Å². The maximum Gasteiger partial charge on any atom is 0.160 e. The van der Waals surface area contributed by atoms with Crippen LogP contribution >= 0.6 is 0 Å². The number of ketones is 2. The molecule has 0 saturated heterocycles. The Kier molecular flexibility index (Phi) is 19.9. The molecule has 0 unspecified atom stereocenters. The average Bonchev–Trinajstić information content (AvgIpc) is 2.92. The van der Waals surface area contributed by atoms with E-state index >= 15 is 0 Å². The van der Waals surface area contributed by atoms with Gasteiger partial charge in [0, 0.05) is 30.9 Å². The maximum atomic E-state index is 11.5. The minimum absolute atomic E-state index is 0.0435. The Balaban J connectivity index is 0.000000380. The van der Waals surface area contributed by atoms with E-state index in [1.54, 1.807) is 13.8 Å². The van der Waals surface area contributed by atoms with E-state index in [2.05, 4.69) is 6.92 Å². The summed E-state index contributed by atoms with van der Waals surface area (Å²) in [5.74, 6) is 0.235. The Labute approximate surface area is 228 Å². The predicted molar refractivity (Wildman–Crippen MR) is 150 cm³/mol. The highest BCUT2D eigenvalue weighted by molar-refractivity contribution is 5.96. The molecule has 0 fully saturated rings. The topological polar surface area (TPSA) is 91.3 Å². The van der Waals surface area contributed by atoms with Crippen molar-refractivity contribution in [1.82, 2.24) is 0 Å². The number of carbonyl (C=O) groups is 2. The van der Waals surface area contributed by atoms with E-state index in [4.69, 9.17) is 24.1 Å². The summed E-state index contributed by atoms with van der Waals surface area (Å²) in [5.41, 5.74) is 3.82. The summed E-state index contributed by atoms with van der Waals surface area (Å²) in [5, 5.41) is 8.51. The number of aryl methyl sites for hydroxylation is 2. The third-order valence-electron chi connectivity index (χ3n) is 5.59. The molecule has 0 aliphatic rings. The molecule has 1 N–H and O–H groups in total. The van der Waals surface area contributed by atoms with Gasteiger partial charge in [0.25, 0.3) is 0 Å². The zero-order valence-corrected chi connectivity index (χ0v) is 23.4. The summed E-state index contributed by atoms with van der Waals surface area (Å²) >= 11 is 0. The van der Waals surface area contributed by atoms with Crippen LogP contribution in [0.1, 0.15) is 71.9 Å². The Morgan fingerprint density at radius 2 is 1.00 bits per heavy atom. The number of hydrogen-bond acceptors (Lipinski definition) is 7. The number of carbonyl (C=O) groups excluding carboxylic acids is 2. The third-order valence-corrected chi connectivity index (χ3v) is 5.59. The summed E-state index contributed by atoms with van der Waals surface area (Å²) < 4.78 is 21.3. The zero-order valence-electron chi connectivity index (χ0n) is 23.4. The second-order valence-corrected chi connectivity index (χ2v) is 8.81. The minimum atomic E-state index is 0.0435. The van der Waals surface area contributed by atoms with Crippen LogP contribution in [0.5, 0.6) is 0 Å². The molecular formula is C31H46O7. The van der Waals surface area contributed by atoms with E-state index < -0.39 is 0 Å². The molecule has 38 heavy (non-hydrogen) atoms. The zero-order chi connectivity index (χ0) is 27.8. The average molecular weight is 531 g/mol. The van der Waals surface area contributed by atoms with Crippen LogP contribution in [-0.2, 0) is 31.8 Å². The molecule has 7 nitrogen and oxygen atoms in total. The van der Waals surface area contributed by atoms with Crippen molar-refractivity contribution in [2.75, 3.05) is 59.5 Å². The second-order valence-electron chi connectivity index (χ2n) is 8.81. The first-order valence-corrected chi connectivity index (χ1v) is 13.6. The van der Waals surface area contributed by atoms with E-state index in [1.165, 1.54) is 0 Å². The van der Waals surface area contributed by atoms with Gasteiger partial charge in [0.15, 0.2) is 11.6 Å². The first-order valence-electron chi connectivity index (χ1n) is 13.6. The van der Waals surface area contributed by atoms with E-state index in [0.717, 1.165) is 61.0 Å². The molecule has 0 aliphatic carbocycles. The number of ether oxygens (including phenoxy) is 4. The van der Waals surface area contributed by atoms with Gasteiger partial charge in [-0.1, -0.05) is 55.5 Å². The fourth-order valence-electron chi connectivity index (χ4n) is 3.75. The number of hydrogen-bond donors (Lipinski definition) is 1. The van der Waals surface area contributed by atoms with Crippen LogP contribution in [0.25, 0.3) is 0 Å². The quantitative estimate of drug-likeness (QED) is 0.188. The monoisotopic (exact) mass is 530 g/mol. The van der Waals surface area contributed by atoms with Crippen LogP contribution < -0.4 is 0 Å². The lowest BCUT2D eigenvalue weighted by atomic mass is 10.0. The molecule has 2 rings (SSSR count). The first-order chi connectivity index (χ1) is 18.5. The Morgan fingerprint density at radius 1 is 0.605 bits per heavy atom. The molecule has 0 aromatic heterocycles. The summed E-state index contributed by atoms with van der Waals surface area (Å²) in [6.07, 6.45) is 4.57. The van der Waals surface area contributed by atoms with E-state index in [-0.39, 0.29) is 18.2 Å². The van der Waals surface area contributed by atoms with Gasteiger partial charge < -0.3 is 24.1 Å². The molecule has 0 bridgehead atoms. The normalized spacial score (nSPS) is 10.6.